The summed E-state index contributed by atoms with van der Waals surface area (Å²) in [5, 5.41) is 17.1. The molecule has 4 rings (SSSR count). The number of methoxy groups -OCH3 is 2. The number of hydrogen-bond donors (Lipinski definition) is 3. The molecule has 1 aromatic rings. The Balaban J connectivity index is 1.76. The molecule has 230 valence electrons. The standard InChI is InChI=1S/C30H39ClN2O9/c1-7-25(35)41-23-14-24(34)32-19-12-18(13-20(38-5)26(19)31)11-16(2)9-8-10-22(39-6)30(37)15-21(40-28(36)33-30)17(3)27-29(23,4)42-27/h8-10,12-13,17,21-23,27,37H,7,11,14-15H2,1-6H3,(H,32,34)(H,33,36)/b10-8+,16-9+/t17-,21+,22-,23+,27+,29+,30+/m1/s1. The molecule has 4 bridgehead atoms. The molecule has 0 spiro atoms. The van der Waals surface area contributed by atoms with Gasteiger partial charge in [-0.2, -0.15) is 0 Å². The number of carbonyl (C=O) groups is 3. The number of hydrogen-bond acceptors (Lipinski definition) is 9. The molecule has 3 aliphatic rings. The van der Waals surface area contributed by atoms with E-state index < -0.39 is 59.6 Å². The minimum atomic E-state index is -1.76. The number of anilines is 1. The van der Waals surface area contributed by atoms with Crippen LogP contribution < -0.4 is 15.4 Å². The van der Waals surface area contributed by atoms with Crippen molar-refractivity contribution in [2.75, 3.05) is 19.5 Å². The highest BCUT2D eigenvalue weighted by Crippen LogP contribution is 2.49. The number of esters is 1. The number of allylic oxidation sites excluding steroid dienone is 3. The highest BCUT2D eigenvalue weighted by Gasteiger charge is 2.64. The van der Waals surface area contributed by atoms with Crippen molar-refractivity contribution in [2.45, 2.75) is 89.1 Å². The minimum Gasteiger partial charge on any atom is -0.495 e. The van der Waals surface area contributed by atoms with Gasteiger partial charge in [0.25, 0.3) is 0 Å². The average molecular weight is 607 g/mol. The SMILES string of the molecule is CCC(=O)O[C@H]1CC(=O)Nc2cc(cc(OC)c2Cl)C/C(C)=C/C=C/[C@@H](OC)[C@@]2(O)C[C@H](OC(=O)N2)[C@@H](C)[C@@H]2O[C@@]12C. The first kappa shape index (κ1) is 31.8. The predicted molar refractivity (Wildman–Crippen MR) is 154 cm³/mol. The topological polar surface area (TPSA) is 145 Å². The molecule has 0 radical (unpaired) electrons. The van der Waals surface area contributed by atoms with Crippen molar-refractivity contribution in [3.8, 4) is 5.75 Å². The van der Waals surface area contributed by atoms with Crippen molar-refractivity contribution in [1.29, 1.82) is 0 Å². The van der Waals surface area contributed by atoms with Crippen molar-refractivity contribution < 1.29 is 43.2 Å². The second-order valence-electron chi connectivity index (χ2n) is 11.3. The summed E-state index contributed by atoms with van der Waals surface area (Å²) in [7, 11) is 2.93. The summed E-state index contributed by atoms with van der Waals surface area (Å²) >= 11 is 6.55. The number of rotatable bonds is 4. The largest absolute Gasteiger partial charge is 0.495 e. The highest BCUT2D eigenvalue weighted by molar-refractivity contribution is 6.35. The second kappa shape index (κ2) is 12.6. The third-order valence-corrected chi connectivity index (χ3v) is 8.47. The first-order chi connectivity index (χ1) is 19.8. The van der Waals surface area contributed by atoms with Crippen LogP contribution in [0.5, 0.6) is 5.75 Å². The second-order valence-corrected chi connectivity index (χ2v) is 11.6. The molecular weight excluding hydrogens is 568 g/mol. The summed E-state index contributed by atoms with van der Waals surface area (Å²) in [6.07, 6.45) is 1.74. The lowest BCUT2D eigenvalue weighted by Gasteiger charge is -2.42. The van der Waals surface area contributed by atoms with E-state index in [4.69, 9.17) is 35.3 Å². The van der Waals surface area contributed by atoms with Gasteiger partial charge < -0.3 is 34.1 Å². The van der Waals surface area contributed by atoms with Crippen LogP contribution >= 0.6 is 11.6 Å². The van der Waals surface area contributed by atoms with E-state index >= 15 is 0 Å². The van der Waals surface area contributed by atoms with Crippen LogP contribution in [0.25, 0.3) is 0 Å². The molecule has 0 saturated carbocycles. The van der Waals surface area contributed by atoms with E-state index in [2.05, 4.69) is 10.6 Å². The zero-order valence-corrected chi connectivity index (χ0v) is 25.4. The maximum absolute atomic E-state index is 13.3. The van der Waals surface area contributed by atoms with Crippen molar-refractivity contribution in [3.63, 3.8) is 0 Å². The Morgan fingerprint density at radius 3 is 2.67 bits per heavy atom. The summed E-state index contributed by atoms with van der Waals surface area (Å²) in [4.78, 5) is 38.3. The number of ether oxygens (including phenoxy) is 5. The summed E-state index contributed by atoms with van der Waals surface area (Å²) in [6, 6.07) is 3.55. The smallest absolute Gasteiger partial charge is 0.409 e. The Morgan fingerprint density at radius 2 is 2.00 bits per heavy atom. The molecule has 2 fully saturated rings. The van der Waals surface area contributed by atoms with Gasteiger partial charge in [-0.15, -0.1) is 0 Å². The van der Waals surface area contributed by atoms with Gasteiger partial charge in [-0.05, 0) is 38.0 Å². The van der Waals surface area contributed by atoms with Gasteiger partial charge in [-0.3, -0.25) is 14.9 Å². The number of fused-ring (bicyclic) bond motifs is 5. The average Bonchev–Trinajstić information content (AvgIpc) is 3.63. The van der Waals surface area contributed by atoms with Crippen molar-refractivity contribution in [1.82, 2.24) is 5.32 Å². The van der Waals surface area contributed by atoms with Crippen LogP contribution in [0, 0.1) is 5.92 Å². The molecule has 7 atom stereocenters. The van der Waals surface area contributed by atoms with E-state index in [-0.39, 0.29) is 24.3 Å². The molecule has 0 aromatic heterocycles. The van der Waals surface area contributed by atoms with Gasteiger partial charge in [0.05, 0.1) is 25.3 Å². The van der Waals surface area contributed by atoms with Gasteiger partial charge in [0.1, 0.15) is 34.7 Å². The fraction of sp³-hybridized carbons (Fsp3) is 0.567. The molecule has 3 aliphatic heterocycles. The molecule has 2 amide bonds. The number of halogens is 1. The number of alkyl carbamates (subject to hydrolysis) is 1. The summed E-state index contributed by atoms with van der Waals surface area (Å²) in [6.45, 7) is 7.16. The number of nitrogens with one attached hydrogen (secondary N) is 2. The van der Waals surface area contributed by atoms with Crippen molar-refractivity contribution in [2.24, 2.45) is 5.92 Å². The zero-order valence-electron chi connectivity index (χ0n) is 24.7. The van der Waals surface area contributed by atoms with Crippen molar-refractivity contribution >= 4 is 35.3 Å². The first-order valence-electron chi connectivity index (χ1n) is 13.9. The third-order valence-electron chi connectivity index (χ3n) is 8.08. The third kappa shape index (κ3) is 6.75. The molecule has 2 saturated heterocycles. The Hall–Kier alpha value is -3.12. The van der Waals surface area contributed by atoms with Crippen LogP contribution in [0.1, 0.15) is 52.5 Å². The van der Waals surface area contributed by atoms with Gasteiger partial charge >= 0.3 is 12.1 Å². The van der Waals surface area contributed by atoms with Crippen LogP contribution in [0.3, 0.4) is 0 Å². The van der Waals surface area contributed by atoms with E-state index in [9.17, 15) is 19.5 Å². The van der Waals surface area contributed by atoms with E-state index in [1.54, 1.807) is 38.1 Å². The zero-order chi connectivity index (χ0) is 30.8. The van der Waals surface area contributed by atoms with Crippen LogP contribution in [-0.4, -0.2) is 73.0 Å². The highest BCUT2D eigenvalue weighted by atomic mass is 35.5. The number of epoxide rings is 1. The summed E-state index contributed by atoms with van der Waals surface area (Å²) in [5.74, 6) is -0.967. The maximum Gasteiger partial charge on any atom is 0.409 e. The minimum absolute atomic E-state index is 0.00538. The molecule has 11 nitrogen and oxygen atoms in total. The van der Waals surface area contributed by atoms with Gasteiger partial charge in [0.15, 0.2) is 5.72 Å². The Labute approximate surface area is 250 Å². The van der Waals surface area contributed by atoms with Gasteiger partial charge in [-0.25, -0.2) is 4.79 Å². The van der Waals surface area contributed by atoms with Gasteiger partial charge in [-0.1, -0.05) is 49.2 Å². The maximum atomic E-state index is 13.3. The van der Waals surface area contributed by atoms with Crippen LogP contribution in [0.15, 0.2) is 35.9 Å². The lowest BCUT2D eigenvalue weighted by atomic mass is 9.83. The number of benzene rings is 1. The van der Waals surface area contributed by atoms with Gasteiger partial charge in [0.2, 0.25) is 5.91 Å². The van der Waals surface area contributed by atoms with E-state index in [0.29, 0.717) is 17.9 Å². The Bertz CT molecular complexity index is 1280. The van der Waals surface area contributed by atoms with Crippen LogP contribution in [0.4, 0.5) is 10.5 Å². The Morgan fingerprint density at radius 1 is 1.26 bits per heavy atom. The van der Waals surface area contributed by atoms with E-state index in [1.165, 1.54) is 14.2 Å². The molecular formula is C30H39ClN2O9. The van der Waals surface area contributed by atoms with E-state index in [0.717, 1.165) is 11.1 Å². The summed E-state index contributed by atoms with van der Waals surface area (Å²) in [5.41, 5.74) is -0.675. The predicted octanol–water partition coefficient (Wildman–Crippen LogP) is 4.05. The molecule has 12 heteroatoms. The number of carbonyl (C=O) groups excluding carboxylic acids is 3. The van der Waals surface area contributed by atoms with Crippen molar-refractivity contribution in [3.05, 3.63) is 46.5 Å². The molecule has 1 aromatic carbocycles. The quantitative estimate of drug-likeness (QED) is 0.341. The number of amides is 2. The first-order valence-corrected chi connectivity index (χ1v) is 14.3. The Kier molecular flexibility index (Phi) is 9.56. The molecule has 3 heterocycles. The number of aliphatic hydroxyl groups is 1. The fourth-order valence-corrected chi connectivity index (χ4v) is 5.88. The monoisotopic (exact) mass is 606 g/mol. The molecule has 3 N–H and O–H groups in total. The molecule has 0 unspecified atom stereocenters. The fourth-order valence-electron chi connectivity index (χ4n) is 5.65. The molecule has 0 aliphatic carbocycles. The lowest BCUT2D eigenvalue weighted by Crippen LogP contribution is -2.63. The lowest BCUT2D eigenvalue weighted by molar-refractivity contribution is -0.153. The van der Waals surface area contributed by atoms with Crippen LogP contribution in [-0.2, 0) is 35.0 Å². The van der Waals surface area contributed by atoms with Crippen LogP contribution in [0.2, 0.25) is 5.02 Å². The van der Waals surface area contributed by atoms with Gasteiger partial charge in [0, 0.05) is 25.9 Å². The summed E-state index contributed by atoms with van der Waals surface area (Å²) < 4.78 is 28.4. The molecule has 42 heavy (non-hydrogen) atoms. The normalized spacial score (nSPS) is 35.3. The van der Waals surface area contributed by atoms with E-state index in [1.807, 2.05) is 19.9 Å².